The topological polar surface area (TPSA) is 112 Å². The molecular weight excluding hydrogens is 425 g/mol. The van der Waals surface area contributed by atoms with Crippen molar-refractivity contribution < 1.29 is 18.7 Å². The average molecular weight is 447 g/mol. The van der Waals surface area contributed by atoms with Crippen LogP contribution in [0.1, 0.15) is 37.8 Å². The number of halogens is 1. The van der Waals surface area contributed by atoms with Crippen molar-refractivity contribution >= 4 is 28.4 Å². The van der Waals surface area contributed by atoms with E-state index in [0.29, 0.717) is 40.1 Å². The Hall–Kier alpha value is -4.27. The third-order valence-corrected chi connectivity index (χ3v) is 5.38. The Morgan fingerprint density at radius 2 is 1.91 bits per heavy atom. The molecule has 0 bridgehead atoms. The zero-order chi connectivity index (χ0) is 23.7. The summed E-state index contributed by atoms with van der Waals surface area (Å²) in [5.74, 6) is -1.44. The molecule has 2 aromatic heterocycles. The molecule has 0 radical (unpaired) electrons. The number of hydrogen-bond donors (Lipinski definition) is 2. The lowest BCUT2D eigenvalue weighted by Crippen LogP contribution is -2.18. The number of nitrogens with zero attached hydrogens (tertiary/aromatic N) is 3. The van der Waals surface area contributed by atoms with Crippen molar-refractivity contribution in [2.24, 2.45) is 5.73 Å². The fourth-order valence-electron chi connectivity index (χ4n) is 3.69. The number of pyridine rings is 1. The molecule has 9 heteroatoms. The summed E-state index contributed by atoms with van der Waals surface area (Å²) in [6.45, 7) is 3.87. The summed E-state index contributed by atoms with van der Waals surface area (Å²) in [6.07, 6.45) is 0. The molecule has 2 aromatic carbocycles. The summed E-state index contributed by atoms with van der Waals surface area (Å²) < 4.78 is 20.7. The number of nitrogens with one attached hydrogen (secondary N) is 1. The molecule has 0 aliphatic carbocycles. The molecule has 4 rings (SSSR count). The van der Waals surface area contributed by atoms with E-state index < -0.39 is 17.6 Å². The number of primary amides is 1. The number of fused-ring (bicyclic) bond motifs is 1. The van der Waals surface area contributed by atoms with Crippen molar-refractivity contribution in [3.63, 3.8) is 0 Å². The molecule has 0 saturated carbocycles. The van der Waals surface area contributed by atoms with E-state index in [9.17, 15) is 14.0 Å². The smallest absolute Gasteiger partial charge is 0.274 e. The first kappa shape index (κ1) is 21.9. The van der Waals surface area contributed by atoms with Crippen LogP contribution in [0.15, 0.2) is 48.5 Å². The molecule has 4 aromatic rings. The van der Waals surface area contributed by atoms with E-state index >= 15 is 0 Å². The molecule has 2 heterocycles. The predicted molar refractivity (Wildman–Crippen MR) is 122 cm³/mol. The van der Waals surface area contributed by atoms with Crippen molar-refractivity contribution in [2.45, 2.75) is 20.4 Å². The number of benzene rings is 2. The number of ether oxygens (including phenoxy) is 1. The zero-order valence-electron chi connectivity index (χ0n) is 18.3. The predicted octanol–water partition coefficient (Wildman–Crippen LogP) is 3.60. The minimum Gasteiger partial charge on any atom is -0.494 e. The maximum absolute atomic E-state index is 14.0. The normalized spacial score (nSPS) is 10.9. The molecule has 33 heavy (non-hydrogen) atoms. The first-order valence-corrected chi connectivity index (χ1v) is 10.2. The van der Waals surface area contributed by atoms with Crippen molar-refractivity contribution in [3.05, 3.63) is 82.6 Å². The molecule has 0 atom stereocenters. The number of carbonyl (C=O) groups is 2. The molecule has 168 valence electrons. The molecule has 0 fully saturated rings. The third kappa shape index (κ3) is 4.25. The van der Waals surface area contributed by atoms with Crippen molar-refractivity contribution in [3.8, 4) is 5.75 Å². The van der Waals surface area contributed by atoms with Crippen LogP contribution in [0.3, 0.4) is 0 Å². The number of para-hydroxylation sites is 1. The van der Waals surface area contributed by atoms with Crippen LogP contribution in [-0.2, 0) is 6.54 Å². The van der Waals surface area contributed by atoms with Gasteiger partial charge in [0.2, 0.25) is 5.91 Å². The highest BCUT2D eigenvalue weighted by atomic mass is 19.1. The van der Waals surface area contributed by atoms with Gasteiger partial charge < -0.3 is 15.8 Å². The van der Waals surface area contributed by atoms with Crippen LogP contribution < -0.4 is 15.8 Å². The Morgan fingerprint density at radius 1 is 1.15 bits per heavy atom. The highest BCUT2D eigenvalue weighted by molar-refractivity contribution is 6.10. The summed E-state index contributed by atoms with van der Waals surface area (Å²) >= 11 is 0. The minimum absolute atomic E-state index is 0.0614. The SMILES string of the molecule is COc1ccc(Cn2nc(C)c(NC(=O)c3cc(C(N)=O)c4ccccc4n3)c2C)cc1F. The lowest BCUT2D eigenvalue weighted by atomic mass is 10.1. The Morgan fingerprint density at radius 3 is 2.61 bits per heavy atom. The monoisotopic (exact) mass is 447 g/mol. The Bertz CT molecular complexity index is 1400. The van der Waals surface area contributed by atoms with Crippen LogP contribution >= 0.6 is 0 Å². The summed E-state index contributed by atoms with van der Waals surface area (Å²) in [6, 6.07) is 13.1. The van der Waals surface area contributed by atoms with E-state index in [1.54, 1.807) is 54.9 Å². The van der Waals surface area contributed by atoms with Gasteiger partial charge >= 0.3 is 0 Å². The molecule has 8 nitrogen and oxygen atoms in total. The van der Waals surface area contributed by atoms with Gasteiger partial charge in [0.25, 0.3) is 5.91 Å². The number of aryl methyl sites for hydroxylation is 1. The van der Waals surface area contributed by atoms with Crippen LogP contribution in [0.25, 0.3) is 10.9 Å². The largest absolute Gasteiger partial charge is 0.494 e. The standard InChI is InChI=1S/C24H22FN5O3/c1-13-22(14(2)30(29-13)12-15-8-9-21(33-3)18(25)10-15)28-24(32)20-11-17(23(26)31)16-6-4-5-7-19(16)27-20/h4-11H,12H2,1-3H3,(H2,26,31)(H,28,32). The number of methoxy groups -OCH3 is 1. The van der Waals surface area contributed by atoms with E-state index in [2.05, 4.69) is 15.4 Å². The molecular formula is C24H22FN5O3. The quantitative estimate of drug-likeness (QED) is 0.469. The summed E-state index contributed by atoms with van der Waals surface area (Å²) in [5, 5.41) is 7.88. The number of hydrogen-bond acceptors (Lipinski definition) is 5. The Balaban J connectivity index is 1.62. The molecule has 0 spiro atoms. The summed E-state index contributed by atoms with van der Waals surface area (Å²) in [5.41, 5.74) is 8.77. The van der Waals surface area contributed by atoms with Crippen LogP contribution in [-0.4, -0.2) is 33.7 Å². The molecule has 0 aliphatic rings. The summed E-state index contributed by atoms with van der Waals surface area (Å²) in [4.78, 5) is 29.3. The highest BCUT2D eigenvalue weighted by Crippen LogP contribution is 2.24. The number of anilines is 1. The second kappa shape index (κ2) is 8.70. The number of nitrogens with two attached hydrogens (primary N) is 1. The van der Waals surface area contributed by atoms with Gasteiger partial charge in [-0.05, 0) is 43.7 Å². The molecule has 2 amide bonds. The van der Waals surface area contributed by atoms with Gasteiger partial charge in [-0.25, -0.2) is 9.37 Å². The fraction of sp³-hybridized carbons (Fsp3) is 0.167. The van der Waals surface area contributed by atoms with Crippen LogP contribution in [0.2, 0.25) is 0 Å². The van der Waals surface area contributed by atoms with Gasteiger partial charge in [0.05, 0.1) is 41.8 Å². The second-order valence-corrected chi connectivity index (χ2v) is 7.56. The molecule has 0 saturated heterocycles. The zero-order valence-corrected chi connectivity index (χ0v) is 18.3. The van der Waals surface area contributed by atoms with E-state index in [1.807, 2.05) is 0 Å². The number of aromatic nitrogens is 3. The minimum atomic E-state index is -0.644. The highest BCUT2D eigenvalue weighted by Gasteiger charge is 2.19. The number of carbonyl (C=O) groups excluding carboxylic acids is 2. The molecule has 3 N–H and O–H groups in total. The summed E-state index contributed by atoms with van der Waals surface area (Å²) in [7, 11) is 1.41. The average Bonchev–Trinajstić information content (AvgIpc) is 3.05. The first-order valence-electron chi connectivity index (χ1n) is 10.2. The first-order chi connectivity index (χ1) is 15.8. The van der Waals surface area contributed by atoms with Gasteiger partial charge in [0.1, 0.15) is 5.69 Å². The number of rotatable bonds is 6. The molecule has 0 unspecified atom stereocenters. The van der Waals surface area contributed by atoms with Crippen molar-refractivity contribution in [2.75, 3.05) is 12.4 Å². The van der Waals surface area contributed by atoms with Gasteiger partial charge in [0.15, 0.2) is 11.6 Å². The maximum atomic E-state index is 14.0. The van der Waals surface area contributed by atoms with Gasteiger partial charge in [-0.1, -0.05) is 24.3 Å². The second-order valence-electron chi connectivity index (χ2n) is 7.56. The van der Waals surface area contributed by atoms with Crippen LogP contribution in [0, 0.1) is 19.7 Å². The van der Waals surface area contributed by atoms with Gasteiger partial charge in [-0.2, -0.15) is 5.10 Å². The van der Waals surface area contributed by atoms with Crippen LogP contribution in [0.5, 0.6) is 5.75 Å². The molecule has 0 aliphatic heterocycles. The fourth-order valence-corrected chi connectivity index (χ4v) is 3.69. The Kier molecular flexibility index (Phi) is 5.78. The van der Waals surface area contributed by atoms with E-state index in [0.717, 1.165) is 0 Å². The lowest BCUT2D eigenvalue weighted by Gasteiger charge is -2.10. The van der Waals surface area contributed by atoms with Crippen LogP contribution in [0.4, 0.5) is 10.1 Å². The van der Waals surface area contributed by atoms with E-state index in [1.165, 1.54) is 19.2 Å². The van der Waals surface area contributed by atoms with Gasteiger partial charge in [-0.3, -0.25) is 14.3 Å². The maximum Gasteiger partial charge on any atom is 0.274 e. The lowest BCUT2D eigenvalue weighted by molar-refractivity contribution is 0.100. The van der Waals surface area contributed by atoms with E-state index in [-0.39, 0.29) is 17.0 Å². The van der Waals surface area contributed by atoms with Gasteiger partial charge in [0, 0.05) is 5.39 Å². The van der Waals surface area contributed by atoms with Gasteiger partial charge in [-0.15, -0.1) is 0 Å². The number of amides is 2. The van der Waals surface area contributed by atoms with E-state index in [4.69, 9.17) is 10.5 Å². The van der Waals surface area contributed by atoms with Crippen molar-refractivity contribution in [1.29, 1.82) is 0 Å². The van der Waals surface area contributed by atoms with Crippen molar-refractivity contribution in [1.82, 2.24) is 14.8 Å². The Labute approximate surface area is 189 Å². The third-order valence-electron chi connectivity index (χ3n) is 5.38.